The van der Waals surface area contributed by atoms with Gasteiger partial charge in [-0.3, -0.25) is 9.59 Å². The molecule has 0 radical (unpaired) electrons. The highest BCUT2D eigenvalue weighted by molar-refractivity contribution is 5.96. The lowest BCUT2D eigenvalue weighted by Crippen LogP contribution is -2.53. The first-order valence-electron chi connectivity index (χ1n) is 8.04. The van der Waals surface area contributed by atoms with Crippen molar-refractivity contribution in [1.29, 1.82) is 0 Å². The molecule has 0 saturated heterocycles. The fourth-order valence-corrected chi connectivity index (χ4v) is 2.89. The van der Waals surface area contributed by atoms with Crippen molar-refractivity contribution < 1.29 is 9.59 Å². The highest BCUT2D eigenvalue weighted by Crippen LogP contribution is 2.27. The summed E-state index contributed by atoms with van der Waals surface area (Å²) in [4.78, 5) is 24.0. The molecule has 0 unspecified atom stereocenters. The molecule has 25 heavy (non-hydrogen) atoms. The standard InChI is InChI=1S/C17H21N5O2.ClH/c18-17(8-1-2-9-17)16(24)19-12-15(23)21-13-4-6-14(7-5-13)22-11-3-10-20-22;/h3-7,10-11H,1-2,8-9,12,18H2,(H,19,24)(H,21,23);1H. The Labute approximate surface area is 152 Å². The van der Waals surface area contributed by atoms with E-state index >= 15 is 0 Å². The fraction of sp³-hybridized carbons (Fsp3) is 0.353. The van der Waals surface area contributed by atoms with Crippen molar-refractivity contribution in [1.82, 2.24) is 15.1 Å². The highest BCUT2D eigenvalue weighted by atomic mass is 35.5. The normalized spacial score (nSPS) is 15.2. The minimum atomic E-state index is -0.814. The number of hydrogen-bond acceptors (Lipinski definition) is 4. The third kappa shape index (κ3) is 4.58. The molecule has 1 aliphatic carbocycles. The fourth-order valence-electron chi connectivity index (χ4n) is 2.89. The number of nitrogens with one attached hydrogen (secondary N) is 2. The van der Waals surface area contributed by atoms with Gasteiger partial charge in [0.2, 0.25) is 11.8 Å². The monoisotopic (exact) mass is 363 g/mol. The number of hydrogen-bond donors (Lipinski definition) is 3. The number of benzene rings is 1. The van der Waals surface area contributed by atoms with Gasteiger partial charge in [0, 0.05) is 18.1 Å². The van der Waals surface area contributed by atoms with Crippen LogP contribution in [0.3, 0.4) is 0 Å². The number of nitrogens with zero attached hydrogens (tertiary/aromatic N) is 2. The molecule has 2 amide bonds. The van der Waals surface area contributed by atoms with Crippen LogP contribution in [0.2, 0.25) is 0 Å². The van der Waals surface area contributed by atoms with E-state index in [2.05, 4.69) is 15.7 Å². The summed E-state index contributed by atoms with van der Waals surface area (Å²) in [7, 11) is 0. The minimum Gasteiger partial charge on any atom is -0.345 e. The maximum absolute atomic E-state index is 12.1. The van der Waals surface area contributed by atoms with E-state index in [1.54, 1.807) is 23.0 Å². The summed E-state index contributed by atoms with van der Waals surface area (Å²) in [5.74, 6) is -0.527. The maximum Gasteiger partial charge on any atom is 0.243 e. The number of nitrogens with two attached hydrogens (primary N) is 1. The van der Waals surface area contributed by atoms with E-state index in [1.165, 1.54) is 0 Å². The smallest absolute Gasteiger partial charge is 0.243 e. The van der Waals surface area contributed by atoms with Gasteiger partial charge in [-0.2, -0.15) is 5.10 Å². The molecule has 8 heteroatoms. The van der Waals surface area contributed by atoms with Crippen LogP contribution in [0, 0.1) is 0 Å². The number of amides is 2. The lowest BCUT2D eigenvalue weighted by Gasteiger charge is -2.22. The van der Waals surface area contributed by atoms with Crippen LogP contribution in [-0.4, -0.2) is 33.7 Å². The van der Waals surface area contributed by atoms with E-state index in [-0.39, 0.29) is 30.8 Å². The predicted molar refractivity (Wildman–Crippen MR) is 97.8 cm³/mol. The molecule has 1 heterocycles. The molecule has 1 aromatic carbocycles. The van der Waals surface area contributed by atoms with Crippen LogP contribution >= 0.6 is 12.4 Å². The van der Waals surface area contributed by atoms with Crippen LogP contribution in [0.25, 0.3) is 5.69 Å². The summed E-state index contributed by atoms with van der Waals surface area (Å²) in [5, 5.41) is 9.52. The molecule has 0 bridgehead atoms. The van der Waals surface area contributed by atoms with Crippen molar-refractivity contribution in [2.45, 2.75) is 31.2 Å². The van der Waals surface area contributed by atoms with Gasteiger partial charge in [0.25, 0.3) is 0 Å². The number of carbonyl (C=O) groups is 2. The predicted octanol–water partition coefficient (Wildman–Crippen LogP) is 1.62. The number of halogens is 1. The zero-order valence-corrected chi connectivity index (χ0v) is 14.6. The van der Waals surface area contributed by atoms with Crippen LogP contribution in [0.5, 0.6) is 0 Å². The summed E-state index contributed by atoms with van der Waals surface area (Å²) in [6.07, 6.45) is 6.81. The van der Waals surface area contributed by atoms with Crippen molar-refractivity contribution in [3.05, 3.63) is 42.7 Å². The summed E-state index contributed by atoms with van der Waals surface area (Å²) in [6.45, 7) is -0.0846. The van der Waals surface area contributed by atoms with Gasteiger partial charge in [-0.25, -0.2) is 4.68 Å². The van der Waals surface area contributed by atoms with E-state index in [0.29, 0.717) is 18.5 Å². The highest BCUT2D eigenvalue weighted by Gasteiger charge is 2.36. The number of aromatic nitrogens is 2. The van der Waals surface area contributed by atoms with Crippen LogP contribution in [0.15, 0.2) is 42.7 Å². The van der Waals surface area contributed by atoms with Crippen LogP contribution in [0.4, 0.5) is 5.69 Å². The number of carbonyl (C=O) groups excluding carboxylic acids is 2. The van der Waals surface area contributed by atoms with Crippen molar-refractivity contribution in [2.75, 3.05) is 11.9 Å². The third-order valence-electron chi connectivity index (χ3n) is 4.28. The Hall–Kier alpha value is -2.38. The molecule has 0 atom stereocenters. The lowest BCUT2D eigenvalue weighted by molar-refractivity contribution is -0.128. The van der Waals surface area contributed by atoms with Gasteiger partial charge >= 0.3 is 0 Å². The first-order chi connectivity index (χ1) is 11.6. The van der Waals surface area contributed by atoms with Crippen molar-refractivity contribution >= 4 is 29.9 Å². The third-order valence-corrected chi connectivity index (χ3v) is 4.28. The summed E-state index contributed by atoms with van der Waals surface area (Å²) in [6, 6.07) is 9.13. The molecular weight excluding hydrogens is 342 g/mol. The average Bonchev–Trinajstić information content (AvgIpc) is 3.26. The van der Waals surface area contributed by atoms with Gasteiger partial charge in [-0.15, -0.1) is 12.4 Å². The second kappa shape index (κ2) is 8.13. The Morgan fingerprint density at radius 2 is 1.88 bits per heavy atom. The Balaban J connectivity index is 0.00000225. The Morgan fingerprint density at radius 1 is 1.20 bits per heavy atom. The molecule has 3 rings (SSSR count). The SMILES string of the molecule is Cl.NC1(C(=O)NCC(=O)Nc2ccc(-n3cccn3)cc2)CCCC1. The average molecular weight is 364 g/mol. The van der Waals surface area contributed by atoms with Crippen LogP contribution in [-0.2, 0) is 9.59 Å². The summed E-state index contributed by atoms with van der Waals surface area (Å²) >= 11 is 0. The Kier molecular flexibility index (Phi) is 6.17. The Morgan fingerprint density at radius 3 is 2.48 bits per heavy atom. The van der Waals surface area contributed by atoms with Crippen LogP contribution in [0.1, 0.15) is 25.7 Å². The first kappa shape index (κ1) is 19.0. The zero-order valence-electron chi connectivity index (χ0n) is 13.8. The molecule has 1 fully saturated rings. The quantitative estimate of drug-likeness (QED) is 0.751. The Bertz CT molecular complexity index is 709. The van der Waals surface area contributed by atoms with Gasteiger partial charge < -0.3 is 16.4 Å². The van der Waals surface area contributed by atoms with E-state index in [9.17, 15) is 9.59 Å². The second-order valence-corrected chi connectivity index (χ2v) is 6.09. The van der Waals surface area contributed by atoms with Crippen molar-refractivity contribution in [3.63, 3.8) is 0 Å². The molecule has 1 aliphatic rings. The van der Waals surface area contributed by atoms with Crippen LogP contribution < -0.4 is 16.4 Å². The van der Waals surface area contributed by atoms with Gasteiger partial charge in [-0.1, -0.05) is 12.8 Å². The topological polar surface area (TPSA) is 102 Å². The van der Waals surface area contributed by atoms with E-state index in [1.807, 2.05) is 24.4 Å². The summed E-state index contributed by atoms with van der Waals surface area (Å²) in [5.41, 5.74) is 6.80. The second-order valence-electron chi connectivity index (χ2n) is 6.09. The molecule has 0 aliphatic heterocycles. The molecule has 1 saturated carbocycles. The zero-order chi connectivity index (χ0) is 17.0. The van der Waals surface area contributed by atoms with Gasteiger partial charge in [0.05, 0.1) is 17.8 Å². The number of rotatable bonds is 5. The molecule has 134 valence electrons. The van der Waals surface area contributed by atoms with E-state index in [4.69, 9.17) is 5.73 Å². The lowest BCUT2D eigenvalue weighted by atomic mass is 9.98. The van der Waals surface area contributed by atoms with Gasteiger partial charge in [-0.05, 0) is 43.2 Å². The molecule has 2 aromatic rings. The number of anilines is 1. The largest absolute Gasteiger partial charge is 0.345 e. The van der Waals surface area contributed by atoms with Gasteiger partial charge in [0.15, 0.2) is 0 Å². The molecule has 0 spiro atoms. The molecule has 4 N–H and O–H groups in total. The first-order valence-corrected chi connectivity index (χ1v) is 8.04. The maximum atomic E-state index is 12.1. The van der Waals surface area contributed by atoms with Gasteiger partial charge in [0.1, 0.15) is 0 Å². The van der Waals surface area contributed by atoms with Crippen molar-refractivity contribution in [3.8, 4) is 5.69 Å². The van der Waals surface area contributed by atoms with E-state index < -0.39 is 5.54 Å². The van der Waals surface area contributed by atoms with E-state index in [0.717, 1.165) is 18.5 Å². The minimum absolute atomic E-state index is 0. The molecule has 7 nitrogen and oxygen atoms in total. The molecular formula is C17H22ClN5O2. The molecule has 1 aromatic heterocycles. The summed E-state index contributed by atoms with van der Waals surface area (Å²) < 4.78 is 1.73. The van der Waals surface area contributed by atoms with Crippen molar-refractivity contribution in [2.24, 2.45) is 5.73 Å².